The Morgan fingerprint density at radius 2 is 2.13 bits per heavy atom. The van der Waals surface area contributed by atoms with E-state index >= 15 is 0 Å². The summed E-state index contributed by atoms with van der Waals surface area (Å²) in [5, 5.41) is 1.44. The third-order valence-corrected chi connectivity index (χ3v) is 6.37. The number of hydrogen-bond acceptors (Lipinski definition) is 6. The number of hydrogen-bond donors (Lipinski definition) is 1. The maximum atomic E-state index is 13.2. The molecule has 2 atom stereocenters. The summed E-state index contributed by atoms with van der Waals surface area (Å²) < 4.78 is 23.4. The zero-order chi connectivity index (χ0) is 21.2. The minimum absolute atomic E-state index is 0.0276. The summed E-state index contributed by atoms with van der Waals surface area (Å²) in [6.45, 7) is 1.72. The minimum Gasteiger partial charge on any atom is -0.458 e. The maximum absolute atomic E-state index is 13.2. The number of carbonyl (C=O) groups excluding carboxylic acids is 1. The van der Waals surface area contributed by atoms with Gasteiger partial charge in [0.05, 0.1) is 29.0 Å². The molecule has 0 saturated carbocycles. The Kier molecular flexibility index (Phi) is 4.31. The fraction of sp³-hybridized carbons (Fsp3) is 0.250. The molecule has 2 aliphatic rings. The SMILES string of the molecule is CC[C@@]1(O[P+](=O)O)C(=O)OCc2c1cc1n(c2=O)Cc2cc3cc(Cl)ccc3nc2-1. The van der Waals surface area contributed by atoms with Crippen molar-refractivity contribution in [2.45, 2.75) is 32.1 Å². The van der Waals surface area contributed by atoms with Gasteiger partial charge in [-0.25, -0.2) is 9.78 Å². The number of aromatic nitrogens is 2. The van der Waals surface area contributed by atoms with Crippen LogP contribution in [0.3, 0.4) is 0 Å². The van der Waals surface area contributed by atoms with Gasteiger partial charge in [0.2, 0.25) is 5.60 Å². The second-order valence-corrected chi connectivity index (χ2v) is 8.33. The average Bonchev–Trinajstić information content (AvgIpc) is 3.06. The van der Waals surface area contributed by atoms with E-state index in [1.165, 1.54) is 0 Å². The Balaban J connectivity index is 1.78. The maximum Gasteiger partial charge on any atom is 0.696 e. The Morgan fingerprint density at radius 3 is 2.87 bits per heavy atom. The largest absolute Gasteiger partial charge is 0.696 e. The van der Waals surface area contributed by atoms with E-state index in [0.29, 0.717) is 28.5 Å². The van der Waals surface area contributed by atoms with Gasteiger partial charge in [-0.3, -0.25) is 4.79 Å². The van der Waals surface area contributed by atoms with Crippen LogP contribution >= 0.6 is 19.9 Å². The lowest BCUT2D eigenvalue weighted by molar-refractivity contribution is -0.169. The van der Waals surface area contributed by atoms with Crippen LogP contribution in [0.5, 0.6) is 0 Å². The first-order chi connectivity index (χ1) is 14.3. The molecule has 4 heterocycles. The molecular formula is C20H15ClN2O6P+. The number of rotatable bonds is 3. The Morgan fingerprint density at radius 1 is 1.33 bits per heavy atom. The first kappa shape index (κ1) is 19.3. The standard InChI is InChI=1S/C20H14ClN2O6P/c1-2-20(29-30(26)27)14-7-16-17-11(5-10-6-12(21)3-4-15(10)22-17)8-23(16)18(24)13(14)9-28-19(20)25/h3-7H,2,8-9H2,1H3/p+1/t20-/m0/s1. The number of benzene rings is 1. The van der Waals surface area contributed by atoms with Crippen molar-refractivity contribution in [3.8, 4) is 11.4 Å². The number of carbonyl (C=O) groups is 1. The number of fused-ring (bicyclic) bond motifs is 5. The summed E-state index contributed by atoms with van der Waals surface area (Å²) in [4.78, 5) is 39.9. The molecule has 0 amide bonds. The molecule has 1 unspecified atom stereocenters. The number of pyridine rings is 2. The van der Waals surface area contributed by atoms with Crippen LogP contribution in [0.2, 0.25) is 5.02 Å². The molecule has 0 saturated heterocycles. The predicted octanol–water partition coefficient (Wildman–Crippen LogP) is 3.41. The second kappa shape index (κ2) is 6.68. The highest BCUT2D eigenvalue weighted by molar-refractivity contribution is 7.32. The molecule has 0 spiro atoms. The monoisotopic (exact) mass is 445 g/mol. The summed E-state index contributed by atoms with van der Waals surface area (Å²) >= 11 is 6.09. The van der Waals surface area contributed by atoms with E-state index < -0.39 is 19.8 Å². The van der Waals surface area contributed by atoms with Crippen LogP contribution in [0.25, 0.3) is 22.3 Å². The fourth-order valence-electron chi connectivity index (χ4n) is 4.23. The number of halogens is 1. The first-order valence-electron chi connectivity index (χ1n) is 9.23. The first-order valence-corrected chi connectivity index (χ1v) is 10.7. The van der Waals surface area contributed by atoms with Gasteiger partial charge in [-0.1, -0.05) is 23.0 Å². The lowest BCUT2D eigenvalue weighted by Crippen LogP contribution is -2.45. The van der Waals surface area contributed by atoms with Crippen LogP contribution in [0, 0.1) is 0 Å². The average molecular weight is 446 g/mol. The lowest BCUT2D eigenvalue weighted by atomic mass is 9.86. The van der Waals surface area contributed by atoms with Crippen LogP contribution in [-0.4, -0.2) is 20.4 Å². The lowest BCUT2D eigenvalue weighted by Gasteiger charge is -2.31. The Labute approximate surface area is 176 Å². The van der Waals surface area contributed by atoms with E-state index in [1.807, 2.05) is 6.07 Å². The van der Waals surface area contributed by atoms with E-state index in [9.17, 15) is 19.0 Å². The second-order valence-electron chi connectivity index (χ2n) is 7.23. The molecule has 152 valence electrons. The molecule has 0 bridgehead atoms. The number of cyclic esters (lactones) is 1. The molecule has 2 aromatic heterocycles. The molecule has 2 aliphatic heterocycles. The van der Waals surface area contributed by atoms with Crippen molar-refractivity contribution >= 4 is 36.7 Å². The van der Waals surface area contributed by atoms with E-state index in [4.69, 9.17) is 25.8 Å². The van der Waals surface area contributed by atoms with E-state index in [2.05, 4.69) is 0 Å². The van der Waals surface area contributed by atoms with E-state index in [-0.39, 0.29) is 29.7 Å². The summed E-state index contributed by atoms with van der Waals surface area (Å²) in [6.07, 6.45) is 0.0276. The van der Waals surface area contributed by atoms with Gasteiger partial charge < -0.3 is 9.30 Å². The zero-order valence-corrected chi connectivity index (χ0v) is 17.4. The van der Waals surface area contributed by atoms with E-state index in [1.54, 1.807) is 35.8 Å². The molecule has 30 heavy (non-hydrogen) atoms. The quantitative estimate of drug-likeness (QED) is 0.380. The smallest absolute Gasteiger partial charge is 0.458 e. The van der Waals surface area contributed by atoms with Gasteiger partial charge in [0.1, 0.15) is 6.61 Å². The molecular weight excluding hydrogens is 431 g/mol. The highest BCUT2D eigenvalue weighted by Crippen LogP contribution is 2.44. The van der Waals surface area contributed by atoms with Crippen LogP contribution in [0.1, 0.15) is 30.0 Å². The van der Waals surface area contributed by atoms with Gasteiger partial charge in [0.15, 0.2) is 0 Å². The van der Waals surface area contributed by atoms with Crippen molar-refractivity contribution in [2.24, 2.45) is 0 Å². The van der Waals surface area contributed by atoms with E-state index in [0.717, 1.165) is 10.9 Å². The van der Waals surface area contributed by atoms with Gasteiger partial charge in [-0.15, -0.1) is 4.89 Å². The summed E-state index contributed by atoms with van der Waals surface area (Å²) in [6, 6.07) is 8.93. The van der Waals surface area contributed by atoms with Gasteiger partial charge in [-0.05, 0) is 36.8 Å². The predicted molar refractivity (Wildman–Crippen MR) is 108 cm³/mol. The third kappa shape index (κ3) is 2.65. The summed E-state index contributed by atoms with van der Waals surface area (Å²) in [7, 11) is -3.11. The number of esters is 1. The number of nitrogens with zero attached hydrogens (tertiary/aromatic N) is 2. The van der Waals surface area contributed by atoms with Crippen LogP contribution in [0.4, 0.5) is 0 Å². The topological polar surface area (TPSA) is 108 Å². The van der Waals surface area contributed by atoms with Gasteiger partial charge in [0.25, 0.3) is 5.56 Å². The molecule has 0 radical (unpaired) electrons. The van der Waals surface area contributed by atoms with Crippen molar-refractivity contribution in [3.05, 3.63) is 62.4 Å². The molecule has 10 heteroatoms. The van der Waals surface area contributed by atoms with Gasteiger partial charge >= 0.3 is 14.2 Å². The zero-order valence-electron chi connectivity index (χ0n) is 15.7. The van der Waals surface area contributed by atoms with Crippen molar-refractivity contribution in [3.63, 3.8) is 0 Å². The molecule has 5 rings (SSSR count). The van der Waals surface area contributed by atoms with Gasteiger partial charge in [-0.2, -0.15) is 0 Å². The molecule has 0 aliphatic carbocycles. The van der Waals surface area contributed by atoms with Crippen molar-refractivity contribution in [1.82, 2.24) is 9.55 Å². The van der Waals surface area contributed by atoms with Crippen molar-refractivity contribution in [1.29, 1.82) is 0 Å². The minimum atomic E-state index is -3.11. The van der Waals surface area contributed by atoms with Crippen LogP contribution < -0.4 is 5.56 Å². The number of ether oxygens (including phenoxy) is 1. The van der Waals surface area contributed by atoms with Crippen molar-refractivity contribution < 1.29 is 23.5 Å². The highest BCUT2D eigenvalue weighted by atomic mass is 35.5. The molecule has 8 nitrogen and oxygen atoms in total. The third-order valence-electron chi connectivity index (χ3n) is 5.67. The van der Waals surface area contributed by atoms with Gasteiger partial charge in [0, 0.05) is 26.1 Å². The molecule has 1 N–H and O–H groups in total. The highest BCUT2D eigenvalue weighted by Gasteiger charge is 2.54. The fourth-order valence-corrected chi connectivity index (χ4v) is 4.98. The molecule has 1 aromatic carbocycles. The molecule has 0 fully saturated rings. The summed E-state index contributed by atoms with van der Waals surface area (Å²) in [5.41, 5.74) is 1.01. The van der Waals surface area contributed by atoms with Crippen LogP contribution in [-0.2, 0) is 37.4 Å². The molecule has 3 aromatic rings. The van der Waals surface area contributed by atoms with Crippen LogP contribution in [0.15, 0.2) is 35.1 Å². The van der Waals surface area contributed by atoms with Crippen molar-refractivity contribution in [2.75, 3.05) is 0 Å². The summed E-state index contributed by atoms with van der Waals surface area (Å²) in [5.74, 6) is -0.793. The Bertz CT molecular complexity index is 1340. The normalized spacial score (nSPS) is 19.8. The Hall–Kier alpha value is -2.64.